The zero-order chi connectivity index (χ0) is 26.0. The molecule has 3 rings (SSSR count). The number of hydrogen-bond donors (Lipinski definition) is 1. The summed E-state index contributed by atoms with van der Waals surface area (Å²) in [5.74, 6) is -3.17. The van der Waals surface area contributed by atoms with Gasteiger partial charge in [-0.1, -0.05) is 59.6 Å². The number of aryl methyl sites for hydroxylation is 1. The van der Waals surface area contributed by atoms with Crippen LogP contribution in [0.4, 0.5) is 5.69 Å². The molecular weight excluding hydrogens is 542 g/mol. The highest BCUT2D eigenvalue weighted by molar-refractivity contribution is 9.09. The van der Waals surface area contributed by atoms with E-state index in [1.807, 2.05) is 20.8 Å². The maximum atomic E-state index is 12.7. The van der Waals surface area contributed by atoms with Gasteiger partial charge in [0.2, 0.25) is 5.79 Å². The number of esters is 2. The Balaban J connectivity index is 1.96. The summed E-state index contributed by atoms with van der Waals surface area (Å²) >= 11 is 3.60. The minimum Gasteiger partial charge on any atom is -0.467 e. The molecule has 0 aromatic heterocycles. The van der Waals surface area contributed by atoms with Crippen molar-refractivity contribution in [1.29, 1.82) is 0 Å². The van der Waals surface area contributed by atoms with Crippen molar-refractivity contribution in [1.82, 2.24) is 0 Å². The molecular formula is C24H28BrNO8S. The number of anilines is 1. The van der Waals surface area contributed by atoms with Crippen molar-refractivity contribution >= 4 is 43.6 Å². The first-order valence-corrected chi connectivity index (χ1v) is 13.2. The smallest absolute Gasteiger partial charge is 0.338 e. The van der Waals surface area contributed by atoms with Crippen LogP contribution in [0.5, 0.6) is 0 Å². The Kier molecular flexibility index (Phi) is 8.25. The molecule has 0 unspecified atom stereocenters. The van der Waals surface area contributed by atoms with Gasteiger partial charge in [-0.15, -0.1) is 0 Å². The van der Waals surface area contributed by atoms with Crippen LogP contribution in [0.3, 0.4) is 0 Å². The van der Waals surface area contributed by atoms with E-state index in [1.54, 1.807) is 36.4 Å². The average Bonchev–Trinajstić information content (AvgIpc) is 3.25. The van der Waals surface area contributed by atoms with E-state index in [4.69, 9.17) is 18.9 Å². The van der Waals surface area contributed by atoms with Gasteiger partial charge in [0.15, 0.2) is 12.2 Å². The number of ether oxygens (including phenoxy) is 4. The van der Waals surface area contributed by atoms with Gasteiger partial charge < -0.3 is 18.9 Å². The quantitative estimate of drug-likeness (QED) is 0.379. The Hall–Kier alpha value is -2.47. The van der Waals surface area contributed by atoms with E-state index in [1.165, 1.54) is 26.4 Å². The zero-order valence-corrected chi connectivity index (χ0v) is 22.4. The molecule has 3 atom stereocenters. The molecule has 0 bridgehead atoms. The Morgan fingerprint density at radius 1 is 0.943 bits per heavy atom. The van der Waals surface area contributed by atoms with Crippen LogP contribution in [-0.4, -0.2) is 51.6 Å². The van der Waals surface area contributed by atoms with Crippen LogP contribution in [-0.2, 0) is 44.3 Å². The first-order chi connectivity index (χ1) is 16.4. The molecule has 9 nitrogen and oxygen atoms in total. The summed E-state index contributed by atoms with van der Waals surface area (Å²) in [6, 6.07) is 12.8. The number of methoxy groups -OCH3 is 2. The summed E-state index contributed by atoms with van der Waals surface area (Å²) in [7, 11) is -1.43. The highest BCUT2D eigenvalue weighted by Crippen LogP contribution is 2.46. The number of nitrogens with one attached hydrogen (secondary N) is 1. The zero-order valence-electron chi connectivity index (χ0n) is 20.0. The van der Waals surface area contributed by atoms with Gasteiger partial charge in [-0.3, -0.25) is 4.72 Å². The van der Waals surface area contributed by atoms with Crippen LogP contribution in [0.1, 0.15) is 25.0 Å². The van der Waals surface area contributed by atoms with Crippen LogP contribution < -0.4 is 4.72 Å². The second kappa shape index (κ2) is 10.7. The topological polar surface area (TPSA) is 117 Å². The molecule has 11 heteroatoms. The molecule has 1 aliphatic rings. The lowest BCUT2D eigenvalue weighted by molar-refractivity contribution is -0.198. The van der Waals surface area contributed by atoms with Crippen LogP contribution in [0.15, 0.2) is 53.4 Å². The molecule has 1 aliphatic heterocycles. The molecule has 1 saturated heterocycles. The number of carbonyl (C=O) groups is 2. The summed E-state index contributed by atoms with van der Waals surface area (Å²) in [4.78, 5) is 24.4. The maximum absolute atomic E-state index is 12.7. The molecule has 1 fully saturated rings. The highest BCUT2D eigenvalue weighted by atomic mass is 79.9. The van der Waals surface area contributed by atoms with Crippen molar-refractivity contribution < 1.29 is 37.0 Å². The highest BCUT2D eigenvalue weighted by Gasteiger charge is 2.59. The molecule has 35 heavy (non-hydrogen) atoms. The third-order valence-electron chi connectivity index (χ3n) is 5.57. The van der Waals surface area contributed by atoms with Gasteiger partial charge in [0.25, 0.3) is 10.0 Å². The van der Waals surface area contributed by atoms with Gasteiger partial charge >= 0.3 is 11.9 Å². The van der Waals surface area contributed by atoms with E-state index in [0.717, 1.165) is 5.56 Å². The number of benzene rings is 2. The summed E-state index contributed by atoms with van der Waals surface area (Å²) in [6.07, 6.45) is -2.71. The molecule has 0 aliphatic carbocycles. The second-order valence-electron chi connectivity index (χ2n) is 8.43. The van der Waals surface area contributed by atoms with Crippen LogP contribution in [0, 0.1) is 12.8 Å². The van der Waals surface area contributed by atoms with Crippen molar-refractivity contribution in [3.05, 3.63) is 59.7 Å². The first-order valence-electron chi connectivity index (χ1n) is 10.8. The Bertz CT molecular complexity index is 1140. The van der Waals surface area contributed by atoms with Gasteiger partial charge in [-0.2, -0.15) is 0 Å². The van der Waals surface area contributed by atoms with E-state index >= 15 is 0 Å². The number of rotatable bonds is 8. The first kappa shape index (κ1) is 27.1. The van der Waals surface area contributed by atoms with Gasteiger partial charge in [0.1, 0.15) is 0 Å². The third-order valence-corrected chi connectivity index (χ3v) is 8.62. The summed E-state index contributed by atoms with van der Waals surface area (Å²) in [5.41, 5.74) is 1.72. The van der Waals surface area contributed by atoms with Crippen molar-refractivity contribution in [2.75, 3.05) is 18.9 Å². The van der Waals surface area contributed by atoms with Crippen molar-refractivity contribution in [2.24, 2.45) is 5.92 Å². The summed E-state index contributed by atoms with van der Waals surface area (Å²) < 4.78 is 49.8. The number of sulfonamides is 1. The summed E-state index contributed by atoms with van der Waals surface area (Å²) in [6.45, 7) is 5.70. The number of alkyl halides is 1. The molecule has 2 aromatic carbocycles. The molecule has 0 saturated carbocycles. The fraction of sp³-hybridized carbons (Fsp3) is 0.417. The van der Waals surface area contributed by atoms with Crippen LogP contribution in [0.25, 0.3) is 0 Å². The Morgan fingerprint density at radius 3 is 1.86 bits per heavy atom. The SMILES string of the molecule is COC(=O)[C@@H]1OC(c2ccc(NS(=O)(=O)c3ccc(C)cc3)cc2)([C@@H](Br)C(C)C)O[C@H]1C(=O)OC. The van der Waals surface area contributed by atoms with Crippen LogP contribution in [0.2, 0.25) is 0 Å². The molecule has 1 N–H and O–H groups in total. The Labute approximate surface area is 213 Å². The van der Waals surface area contributed by atoms with Gasteiger partial charge in [0, 0.05) is 11.3 Å². The van der Waals surface area contributed by atoms with Crippen molar-refractivity contribution in [3.8, 4) is 0 Å². The van der Waals surface area contributed by atoms with Crippen LogP contribution >= 0.6 is 15.9 Å². The average molecular weight is 570 g/mol. The molecule has 190 valence electrons. The fourth-order valence-corrected chi connectivity index (χ4v) is 5.21. The second-order valence-corrected chi connectivity index (χ2v) is 11.1. The van der Waals surface area contributed by atoms with E-state index in [9.17, 15) is 18.0 Å². The number of halogens is 1. The predicted octanol–water partition coefficient (Wildman–Crippen LogP) is 3.50. The number of carbonyl (C=O) groups excluding carboxylic acids is 2. The van der Waals surface area contributed by atoms with Gasteiger partial charge in [-0.05, 0) is 37.1 Å². The maximum Gasteiger partial charge on any atom is 0.338 e. The number of hydrogen-bond acceptors (Lipinski definition) is 8. The summed E-state index contributed by atoms with van der Waals surface area (Å²) in [5, 5.41) is 0. The largest absolute Gasteiger partial charge is 0.467 e. The predicted molar refractivity (Wildman–Crippen MR) is 131 cm³/mol. The minimum absolute atomic E-state index is 0.0515. The fourth-order valence-electron chi connectivity index (χ4n) is 3.67. The molecule has 0 spiro atoms. The van der Waals surface area contributed by atoms with Crippen molar-refractivity contribution in [2.45, 2.75) is 48.5 Å². The van der Waals surface area contributed by atoms with Gasteiger partial charge in [-0.25, -0.2) is 18.0 Å². The molecule has 2 aromatic rings. The minimum atomic E-state index is -3.80. The third kappa shape index (κ3) is 5.53. The van der Waals surface area contributed by atoms with E-state index in [2.05, 4.69) is 20.7 Å². The van der Waals surface area contributed by atoms with Crippen molar-refractivity contribution in [3.63, 3.8) is 0 Å². The van der Waals surface area contributed by atoms with E-state index < -0.39 is 44.8 Å². The monoisotopic (exact) mass is 569 g/mol. The Morgan fingerprint density at radius 2 is 1.43 bits per heavy atom. The lowest BCUT2D eigenvalue weighted by Crippen LogP contribution is -2.41. The standard InChI is InChI=1S/C24H28BrNO8S/c1-14(2)21(25)24(33-19(22(27)31-4)20(34-24)23(28)32-5)16-8-10-17(11-9-16)26-35(29,30)18-12-6-15(3)7-13-18/h6-14,19-21,26H,1-5H3/t19-,20-,21+/m1/s1. The molecule has 1 heterocycles. The lowest BCUT2D eigenvalue weighted by atomic mass is 9.95. The molecule has 0 radical (unpaired) electrons. The molecule has 0 amide bonds. The normalized spacial score (nSPS) is 20.3. The lowest BCUT2D eigenvalue weighted by Gasteiger charge is -2.35. The van der Waals surface area contributed by atoms with E-state index in [0.29, 0.717) is 11.3 Å². The van der Waals surface area contributed by atoms with E-state index in [-0.39, 0.29) is 10.8 Å². The van der Waals surface area contributed by atoms with Gasteiger partial charge in [0.05, 0.1) is 23.9 Å².